The molecule has 98 valence electrons. The smallest absolute Gasteiger partial charge is 0.132 e. The predicted molar refractivity (Wildman–Crippen MR) is 72.8 cm³/mol. The number of nitrogens with one attached hydrogen (secondary N) is 1. The van der Waals surface area contributed by atoms with Crippen molar-refractivity contribution < 1.29 is 4.74 Å². The molecule has 1 saturated heterocycles. The lowest BCUT2D eigenvalue weighted by atomic mass is 10.0. The summed E-state index contributed by atoms with van der Waals surface area (Å²) in [5.74, 6) is 0.853. The van der Waals surface area contributed by atoms with Crippen LogP contribution in [0.5, 0.6) is 0 Å². The first-order chi connectivity index (χ1) is 9.42. The number of ether oxygens (including phenoxy) is 1. The van der Waals surface area contributed by atoms with E-state index in [2.05, 4.69) is 39.6 Å². The lowest BCUT2D eigenvalue weighted by Crippen LogP contribution is -2.33. The number of morpholine rings is 1. The first kappa shape index (κ1) is 12.3. The van der Waals surface area contributed by atoms with E-state index in [-0.39, 0.29) is 6.10 Å². The summed E-state index contributed by atoms with van der Waals surface area (Å²) >= 11 is 0. The Bertz CT molecular complexity index is 507. The van der Waals surface area contributed by atoms with E-state index < -0.39 is 0 Å². The number of nitrogens with zero attached hydrogens (tertiary/aromatic N) is 2. The van der Waals surface area contributed by atoms with Crippen LogP contribution in [0, 0.1) is 0 Å². The van der Waals surface area contributed by atoms with Crippen LogP contribution in [0.15, 0.2) is 42.7 Å². The highest BCUT2D eigenvalue weighted by atomic mass is 16.5. The minimum Gasteiger partial charge on any atom is -0.371 e. The molecule has 1 N–H and O–H groups in total. The molecule has 0 aliphatic carbocycles. The monoisotopic (exact) mass is 255 g/mol. The molecule has 1 aliphatic rings. The van der Waals surface area contributed by atoms with E-state index in [0.29, 0.717) is 0 Å². The number of rotatable bonds is 3. The van der Waals surface area contributed by atoms with E-state index in [1.165, 1.54) is 11.1 Å². The minimum atomic E-state index is 0.177. The van der Waals surface area contributed by atoms with E-state index in [9.17, 15) is 0 Å². The fourth-order valence-electron chi connectivity index (χ4n) is 2.23. The van der Waals surface area contributed by atoms with Crippen molar-refractivity contribution in [1.29, 1.82) is 0 Å². The Balaban J connectivity index is 1.68. The van der Waals surface area contributed by atoms with Gasteiger partial charge in [0, 0.05) is 31.9 Å². The van der Waals surface area contributed by atoms with Crippen molar-refractivity contribution in [3.63, 3.8) is 0 Å². The van der Waals surface area contributed by atoms with E-state index in [4.69, 9.17) is 4.74 Å². The molecule has 0 bridgehead atoms. The van der Waals surface area contributed by atoms with Gasteiger partial charge in [0.05, 0.1) is 12.7 Å². The predicted octanol–water partition coefficient (Wildman–Crippen LogP) is 1.73. The molecule has 1 fully saturated rings. The Kier molecular flexibility index (Phi) is 3.81. The van der Waals surface area contributed by atoms with E-state index in [0.717, 1.165) is 31.9 Å². The van der Waals surface area contributed by atoms with E-state index in [1.807, 2.05) is 6.07 Å². The normalized spacial score (nSPS) is 19.3. The molecular weight excluding hydrogens is 238 g/mol. The van der Waals surface area contributed by atoms with E-state index in [1.54, 1.807) is 12.4 Å². The number of hydrogen-bond acceptors (Lipinski definition) is 4. The summed E-state index contributed by atoms with van der Waals surface area (Å²) in [6.45, 7) is 2.62. The van der Waals surface area contributed by atoms with Crippen molar-refractivity contribution in [2.45, 2.75) is 12.5 Å². The van der Waals surface area contributed by atoms with Crippen molar-refractivity contribution in [2.75, 3.05) is 19.7 Å². The lowest BCUT2D eigenvalue weighted by Gasteiger charge is -2.24. The van der Waals surface area contributed by atoms with Crippen LogP contribution in [0.1, 0.15) is 23.1 Å². The van der Waals surface area contributed by atoms with Gasteiger partial charge in [0.1, 0.15) is 5.82 Å². The highest BCUT2D eigenvalue weighted by Gasteiger charge is 2.15. The van der Waals surface area contributed by atoms with Crippen molar-refractivity contribution in [1.82, 2.24) is 15.3 Å². The fourth-order valence-corrected chi connectivity index (χ4v) is 2.23. The largest absolute Gasteiger partial charge is 0.371 e. The van der Waals surface area contributed by atoms with Gasteiger partial charge in [0.2, 0.25) is 0 Å². The van der Waals surface area contributed by atoms with Crippen molar-refractivity contribution in [2.24, 2.45) is 0 Å². The lowest BCUT2D eigenvalue weighted by molar-refractivity contribution is 0.0277. The number of benzene rings is 1. The minimum absolute atomic E-state index is 0.177. The van der Waals surface area contributed by atoms with Gasteiger partial charge in [-0.15, -0.1) is 0 Å². The molecule has 19 heavy (non-hydrogen) atoms. The molecule has 0 spiro atoms. The second-order valence-electron chi connectivity index (χ2n) is 4.65. The summed E-state index contributed by atoms with van der Waals surface area (Å²) < 4.78 is 5.73. The Morgan fingerprint density at radius 1 is 1.16 bits per heavy atom. The molecular formula is C15H17N3O. The maximum absolute atomic E-state index is 5.73. The number of hydrogen-bond donors (Lipinski definition) is 1. The first-order valence-electron chi connectivity index (χ1n) is 6.59. The highest BCUT2D eigenvalue weighted by Crippen LogP contribution is 2.19. The zero-order valence-electron chi connectivity index (χ0n) is 10.7. The van der Waals surface area contributed by atoms with Gasteiger partial charge in [-0.2, -0.15) is 0 Å². The van der Waals surface area contributed by atoms with Crippen LogP contribution in [-0.4, -0.2) is 29.7 Å². The van der Waals surface area contributed by atoms with Crippen LogP contribution >= 0.6 is 0 Å². The summed E-state index contributed by atoms with van der Waals surface area (Å²) in [4.78, 5) is 8.48. The molecule has 1 atom stereocenters. The average Bonchev–Trinajstić information content (AvgIpc) is 2.50. The van der Waals surface area contributed by atoms with Gasteiger partial charge in [0.15, 0.2) is 0 Å². The standard InChI is InChI=1S/C15H17N3O/c1-6-17-15(18-7-1)10-12-2-4-13(5-3-12)14-11-16-8-9-19-14/h1-7,14,16H,8-11H2/t14-/m0/s1. The molecule has 0 amide bonds. The van der Waals surface area contributed by atoms with Gasteiger partial charge in [-0.25, -0.2) is 9.97 Å². The van der Waals surface area contributed by atoms with Gasteiger partial charge in [-0.3, -0.25) is 0 Å². The topological polar surface area (TPSA) is 47.0 Å². The van der Waals surface area contributed by atoms with Crippen LogP contribution < -0.4 is 5.32 Å². The second kappa shape index (κ2) is 5.91. The summed E-state index contributed by atoms with van der Waals surface area (Å²) in [6.07, 6.45) is 4.50. The third-order valence-electron chi connectivity index (χ3n) is 3.26. The van der Waals surface area contributed by atoms with Gasteiger partial charge >= 0.3 is 0 Å². The molecule has 2 aromatic rings. The summed E-state index contributed by atoms with van der Waals surface area (Å²) in [5.41, 5.74) is 2.45. The first-order valence-corrected chi connectivity index (χ1v) is 6.59. The van der Waals surface area contributed by atoms with Crippen LogP contribution in [0.25, 0.3) is 0 Å². The van der Waals surface area contributed by atoms with Crippen molar-refractivity contribution in [3.8, 4) is 0 Å². The zero-order chi connectivity index (χ0) is 12.9. The molecule has 1 aromatic heterocycles. The molecule has 1 aliphatic heterocycles. The quantitative estimate of drug-likeness (QED) is 0.907. The SMILES string of the molecule is c1cnc(Cc2ccc([C@@H]3CNCCO3)cc2)nc1. The second-order valence-corrected chi connectivity index (χ2v) is 4.65. The Hall–Kier alpha value is -1.78. The van der Waals surface area contributed by atoms with E-state index >= 15 is 0 Å². The Morgan fingerprint density at radius 3 is 2.63 bits per heavy atom. The summed E-state index contributed by atoms with van der Waals surface area (Å²) in [7, 11) is 0. The molecule has 0 saturated carbocycles. The third-order valence-corrected chi connectivity index (χ3v) is 3.26. The van der Waals surface area contributed by atoms with Gasteiger partial charge in [-0.1, -0.05) is 24.3 Å². The fraction of sp³-hybridized carbons (Fsp3) is 0.333. The van der Waals surface area contributed by atoms with Crippen molar-refractivity contribution in [3.05, 3.63) is 59.7 Å². The third kappa shape index (κ3) is 3.16. The summed E-state index contributed by atoms with van der Waals surface area (Å²) in [5, 5.41) is 3.34. The van der Waals surface area contributed by atoms with Crippen LogP contribution in [0.4, 0.5) is 0 Å². The van der Waals surface area contributed by atoms with Crippen molar-refractivity contribution >= 4 is 0 Å². The maximum Gasteiger partial charge on any atom is 0.132 e. The Labute approximate surface area is 112 Å². The molecule has 3 rings (SSSR count). The van der Waals surface area contributed by atoms with Crippen LogP contribution in [0.3, 0.4) is 0 Å². The molecule has 0 radical (unpaired) electrons. The van der Waals surface area contributed by atoms with Crippen LogP contribution in [-0.2, 0) is 11.2 Å². The molecule has 1 aromatic carbocycles. The Morgan fingerprint density at radius 2 is 1.95 bits per heavy atom. The molecule has 4 nitrogen and oxygen atoms in total. The maximum atomic E-state index is 5.73. The zero-order valence-corrected chi connectivity index (χ0v) is 10.7. The molecule has 2 heterocycles. The molecule has 0 unspecified atom stereocenters. The summed E-state index contributed by atoms with van der Waals surface area (Å²) in [6, 6.07) is 10.4. The molecule has 4 heteroatoms. The van der Waals surface area contributed by atoms with Gasteiger partial charge in [0.25, 0.3) is 0 Å². The number of aromatic nitrogens is 2. The average molecular weight is 255 g/mol. The van der Waals surface area contributed by atoms with Crippen LogP contribution in [0.2, 0.25) is 0 Å². The van der Waals surface area contributed by atoms with Gasteiger partial charge in [-0.05, 0) is 17.2 Å². The van der Waals surface area contributed by atoms with Gasteiger partial charge < -0.3 is 10.1 Å². The highest BCUT2D eigenvalue weighted by molar-refractivity contribution is 5.26.